The van der Waals surface area contributed by atoms with Gasteiger partial charge in [0.25, 0.3) is 11.8 Å². The van der Waals surface area contributed by atoms with Gasteiger partial charge in [0.05, 0.1) is 39.9 Å². The number of quaternary nitrogens is 2. The van der Waals surface area contributed by atoms with Gasteiger partial charge in [-0.25, -0.2) is 8.42 Å². The number of pyridine rings is 1. The monoisotopic (exact) mass is 1050 g/mol. The Balaban J connectivity index is 0.814. The first-order valence-electron chi connectivity index (χ1n) is 26.7. The molecule has 5 N–H and O–H groups in total. The number of nitrogens with one attached hydrogen (secondary N) is 3. The van der Waals surface area contributed by atoms with Crippen LogP contribution in [0.3, 0.4) is 0 Å². The Morgan fingerprint density at radius 1 is 0.803 bits per heavy atom. The number of nitrogens with two attached hydrogens (primary N) is 1. The number of rotatable bonds is 23. The number of carbonyl (C=O) groups excluding carboxylic acids is 4. The molecule has 5 aliphatic heterocycles. The van der Waals surface area contributed by atoms with Gasteiger partial charge in [-0.2, -0.15) is 4.58 Å². The minimum absolute atomic E-state index is 0.125. The molecule has 16 nitrogen and oxygen atoms in total. The molecule has 5 aliphatic rings. The Kier molecular flexibility index (Phi) is 16.9. The van der Waals surface area contributed by atoms with E-state index in [1.54, 1.807) is 12.3 Å². The van der Waals surface area contributed by atoms with Crippen LogP contribution in [0, 0.1) is 0 Å². The van der Waals surface area contributed by atoms with E-state index in [4.69, 9.17) is 10.7 Å². The minimum atomic E-state index is -4.38. The summed E-state index contributed by atoms with van der Waals surface area (Å²) in [5.74, 6) is -1.43. The van der Waals surface area contributed by atoms with E-state index in [1.165, 1.54) is 11.1 Å². The molecule has 0 spiro atoms. The van der Waals surface area contributed by atoms with Crippen molar-refractivity contribution in [2.45, 2.75) is 77.0 Å². The fourth-order valence-corrected chi connectivity index (χ4v) is 12.2. The first-order valence-corrected chi connectivity index (χ1v) is 28.3. The highest BCUT2D eigenvalue weighted by molar-refractivity contribution is 7.85. The number of allylic oxidation sites excluding steroid dienone is 6. The van der Waals surface area contributed by atoms with Gasteiger partial charge in [-0.3, -0.25) is 24.2 Å². The van der Waals surface area contributed by atoms with Crippen molar-refractivity contribution in [2.75, 3.05) is 95.0 Å². The average molecular weight is 1050 g/mol. The Labute approximate surface area is 448 Å². The first kappa shape index (κ1) is 55.4. The highest BCUT2D eigenvalue weighted by Gasteiger charge is 2.49. The number of amides is 4. The van der Waals surface area contributed by atoms with Gasteiger partial charge in [0.1, 0.15) is 46.3 Å². The topological polar surface area (TPSA) is 207 Å². The van der Waals surface area contributed by atoms with E-state index in [2.05, 4.69) is 90.5 Å². The second-order valence-corrected chi connectivity index (χ2v) is 23.7. The van der Waals surface area contributed by atoms with E-state index in [0.29, 0.717) is 55.8 Å². The van der Waals surface area contributed by atoms with Crippen LogP contribution in [0.2, 0.25) is 0 Å². The van der Waals surface area contributed by atoms with Crippen LogP contribution < -0.4 is 26.6 Å². The molecular weight excluding hydrogens is 979 g/mol. The van der Waals surface area contributed by atoms with Crippen LogP contribution in [-0.4, -0.2) is 146 Å². The molecule has 9 rings (SSSR count). The lowest BCUT2D eigenvalue weighted by molar-refractivity contribution is -1.08. The molecule has 3 saturated heterocycles. The minimum Gasteiger partial charge on any atom is -0.748 e. The van der Waals surface area contributed by atoms with Crippen LogP contribution in [0.4, 0.5) is 17.1 Å². The number of aromatic nitrogens is 1. The van der Waals surface area contributed by atoms with Gasteiger partial charge < -0.3 is 40.1 Å². The molecule has 0 radical (unpaired) electrons. The third-order valence-electron chi connectivity index (χ3n) is 16.2. The predicted octanol–water partition coefficient (Wildman–Crippen LogP) is 6.08. The molecule has 402 valence electrons. The lowest BCUT2D eigenvalue weighted by Gasteiger charge is -2.55. The molecule has 0 unspecified atom stereocenters. The van der Waals surface area contributed by atoms with Crippen molar-refractivity contribution >= 4 is 62.1 Å². The Hall–Kier alpha value is -6.79. The molecule has 6 heterocycles. The zero-order chi connectivity index (χ0) is 54.3. The predicted molar refractivity (Wildman–Crippen MR) is 297 cm³/mol. The Morgan fingerprint density at radius 2 is 1.49 bits per heavy atom. The van der Waals surface area contributed by atoms with Gasteiger partial charge >= 0.3 is 0 Å². The average Bonchev–Trinajstić information content (AvgIpc) is 3.77. The molecule has 3 fully saturated rings. The largest absolute Gasteiger partial charge is 0.748 e. The van der Waals surface area contributed by atoms with Gasteiger partial charge in [-0.05, 0) is 86.7 Å². The maximum atomic E-state index is 13.3. The number of para-hydroxylation sites is 2. The summed E-state index contributed by atoms with van der Waals surface area (Å²) in [5, 5.41) is 8.56. The number of piperazine rings is 3. The maximum absolute atomic E-state index is 13.3. The van der Waals surface area contributed by atoms with Crippen molar-refractivity contribution in [2.24, 2.45) is 5.73 Å². The van der Waals surface area contributed by atoms with Crippen molar-refractivity contribution in [1.82, 2.24) is 15.6 Å². The number of carbonyl (C=O) groups is 4. The molecule has 4 aromatic rings. The third kappa shape index (κ3) is 13.1. The zero-order valence-electron chi connectivity index (χ0n) is 44.8. The summed E-state index contributed by atoms with van der Waals surface area (Å²) < 4.78 is 38.9. The first-order chi connectivity index (χ1) is 36.2. The lowest BCUT2D eigenvalue weighted by atomic mass is 9.81. The fraction of sp³-hybridized carbons (Fsp3) is 0.424. The molecule has 76 heavy (non-hydrogen) atoms. The maximum Gasteiger partial charge on any atom is 0.272 e. The van der Waals surface area contributed by atoms with Crippen LogP contribution in [0.5, 0.6) is 0 Å². The number of unbranched alkanes of at least 4 members (excludes halogenated alkanes) is 2. The molecule has 4 amide bonds. The number of anilines is 2. The van der Waals surface area contributed by atoms with Crippen molar-refractivity contribution < 1.29 is 45.7 Å². The molecule has 17 heteroatoms. The lowest BCUT2D eigenvalue weighted by Crippen LogP contribution is -2.76. The van der Waals surface area contributed by atoms with Crippen LogP contribution >= 0.6 is 0 Å². The van der Waals surface area contributed by atoms with E-state index < -0.39 is 21.3 Å². The van der Waals surface area contributed by atoms with Gasteiger partial charge in [0.15, 0.2) is 12.3 Å². The summed E-state index contributed by atoms with van der Waals surface area (Å²) in [7, 11) is -2.31. The number of hydrogen-bond donors (Lipinski definition) is 4. The summed E-state index contributed by atoms with van der Waals surface area (Å²) in [6.45, 7) is 17.0. The van der Waals surface area contributed by atoms with Gasteiger partial charge in [-0.1, -0.05) is 74.9 Å². The number of nitrogens with zero attached hydrogens (tertiary/aromatic N) is 5. The highest BCUT2D eigenvalue weighted by atomic mass is 32.2. The summed E-state index contributed by atoms with van der Waals surface area (Å²) in [6.07, 6.45) is 13.2. The second kappa shape index (κ2) is 23.2. The van der Waals surface area contributed by atoms with Crippen LogP contribution in [-0.2, 0) is 41.8 Å². The summed E-state index contributed by atoms with van der Waals surface area (Å²) >= 11 is 0. The molecule has 3 aromatic carbocycles. The summed E-state index contributed by atoms with van der Waals surface area (Å²) in [5.41, 5.74) is 15.0. The quantitative estimate of drug-likeness (QED) is 0.0223. The van der Waals surface area contributed by atoms with Crippen molar-refractivity contribution in [1.29, 1.82) is 0 Å². The van der Waals surface area contributed by atoms with E-state index in [0.717, 1.165) is 95.1 Å². The molecule has 0 atom stereocenters. The number of benzene rings is 3. The SMILES string of the molecule is C[N+]1=C(/C=C/C(=C/C=C2/N(CCCS(=O)(=O)[O-])c3ccccc3C2(C)C)c2ccc(C(=O)NCCCCCC(=O)NCC(=O)Nc3ccc(CC[N+]45CC[N+](CC(N)=O)(CC4)CC5)cc3)cn2)C(C)(C)c2ccccc21. The molecular formula is C59H75N9O7S+2. The van der Waals surface area contributed by atoms with Crippen LogP contribution in [0.15, 0.2) is 121 Å². The van der Waals surface area contributed by atoms with E-state index >= 15 is 0 Å². The van der Waals surface area contributed by atoms with Crippen molar-refractivity contribution in [3.05, 3.63) is 149 Å². The fourth-order valence-electron chi connectivity index (χ4n) is 11.7. The van der Waals surface area contributed by atoms with Gasteiger partial charge in [0.2, 0.25) is 17.5 Å². The molecule has 0 aliphatic carbocycles. The summed E-state index contributed by atoms with van der Waals surface area (Å²) in [6, 6.07) is 27.9. The van der Waals surface area contributed by atoms with Crippen LogP contribution in [0.1, 0.15) is 92.5 Å². The Bertz CT molecular complexity index is 3040. The molecule has 1 aromatic heterocycles. The Morgan fingerprint density at radius 3 is 2.16 bits per heavy atom. The third-order valence-corrected chi connectivity index (χ3v) is 17.0. The van der Waals surface area contributed by atoms with E-state index in [-0.39, 0.29) is 48.4 Å². The van der Waals surface area contributed by atoms with Gasteiger partial charge in [-0.15, -0.1) is 0 Å². The normalized spacial score (nSPS) is 20.9. The number of hydrogen-bond acceptors (Lipinski definition) is 9. The van der Waals surface area contributed by atoms with Crippen LogP contribution in [0.25, 0.3) is 5.57 Å². The second-order valence-electron chi connectivity index (χ2n) is 22.1. The van der Waals surface area contributed by atoms with Crippen molar-refractivity contribution in [3.8, 4) is 0 Å². The molecule has 2 bridgehead atoms. The molecule has 0 saturated carbocycles. The number of primary amides is 1. The van der Waals surface area contributed by atoms with Crippen molar-refractivity contribution in [3.63, 3.8) is 0 Å². The smallest absolute Gasteiger partial charge is 0.272 e. The van der Waals surface area contributed by atoms with E-state index in [1.807, 2.05) is 72.8 Å². The summed E-state index contributed by atoms with van der Waals surface area (Å²) in [4.78, 5) is 57.1. The standard InChI is InChI=1S/C59H73N9O7S/c1-58(2)47-14-8-10-16-50(47)65(5)52(58)27-22-44(23-28-53-59(3,4)48-15-9-11-17-51(48)66(53)31-13-39-76(73,74)75)49-26-21-45(40-62-49)57(72)61-30-12-6-7-18-55(70)63-41-56(71)64-46-24-19-43(20-25-46)29-32-67-33-36-68(37-34-67,38-35-67)42-54(60)69/h8-11,14-17,19-28,40H,6-7,12-13,18,29-39,41-42H2,1-5H3,(H3-3,60,61,63,64,69,70,71,72,73,74,75)/p+2. The number of fused-ring (bicyclic) bond motifs is 5. The van der Waals surface area contributed by atoms with Gasteiger partial charge in [0, 0.05) is 83.6 Å². The van der Waals surface area contributed by atoms with E-state index in [9.17, 15) is 32.1 Å². The highest BCUT2D eigenvalue weighted by Crippen LogP contribution is 2.48. The zero-order valence-corrected chi connectivity index (χ0v) is 45.6.